The van der Waals surface area contributed by atoms with Gasteiger partial charge in [-0.2, -0.15) is 0 Å². The predicted molar refractivity (Wildman–Crippen MR) is 111 cm³/mol. The molecule has 1 N–H and O–H groups in total. The van der Waals surface area contributed by atoms with Crippen LogP contribution in [0.2, 0.25) is 0 Å². The van der Waals surface area contributed by atoms with Gasteiger partial charge in [0.1, 0.15) is 5.82 Å². The van der Waals surface area contributed by atoms with Gasteiger partial charge in [0.25, 0.3) is 0 Å². The number of hydrogen-bond donors (Lipinski definition) is 1. The molecule has 7 heteroatoms. The highest BCUT2D eigenvalue weighted by Crippen LogP contribution is 2.40. The van der Waals surface area contributed by atoms with Crippen molar-refractivity contribution in [1.82, 2.24) is 3.97 Å². The lowest BCUT2D eigenvalue weighted by Crippen LogP contribution is -2.01. The Hall–Kier alpha value is -1.25. The first-order valence-electron chi connectivity index (χ1n) is 6.86. The summed E-state index contributed by atoms with van der Waals surface area (Å²) in [5.74, 6) is 0.906. The van der Waals surface area contributed by atoms with Crippen LogP contribution in [0.15, 0.2) is 40.4 Å². The summed E-state index contributed by atoms with van der Waals surface area (Å²) < 4.78 is 2.01. The molecule has 0 unspecified atom stereocenters. The number of aromatic nitrogens is 1. The highest BCUT2D eigenvalue weighted by atomic mass is 127. The second-order valence-corrected chi connectivity index (χ2v) is 6.96. The molecule has 4 nitrogen and oxygen atoms in total. The summed E-state index contributed by atoms with van der Waals surface area (Å²) in [5, 5.41) is 3.19. The van der Waals surface area contributed by atoms with Gasteiger partial charge in [0.05, 0.1) is 17.4 Å². The molecule has 3 rings (SSSR count). The summed E-state index contributed by atoms with van der Waals surface area (Å²) in [5.41, 5.74) is 5.97. The van der Waals surface area contributed by atoms with Gasteiger partial charge in [-0.3, -0.25) is 14.0 Å². The van der Waals surface area contributed by atoms with Crippen molar-refractivity contribution in [3.8, 4) is 0 Å². The van der Waals surface area contributed by atoms with E-state index in [4.69, 9.17) is 11.6 Å². The summed E-state index contributed by atoms with van der Waals surface area (Å²) in [6.45, 7) is 5.84. The van der Waals surface area contributed by atoms with Gasteiger partial charge >= 0.3 is 0 Å². The van der Waals surface area contributed by atoms with E-state index in [1.807, 2.05) is 28.5 Å². The average molecular weight is 457 g/mol. The number of nitrogens with one attached hydrogen (secondary N) is 1. The Morgan fingerprint density at radius 2 is 2.30 bits per heavy atom. The zero-order chi connectivity index (χ0) is 16.4. The van der Waals surface area contributed by atoms with Crippen LogP contribution in [0.25, 0.3) is 11.3 Å². The summed E-state index contributed by atoms with van der Waals surface area (Å²) in [7, 11) is 1.56. The van der Waals surface area contributed by atoms with Crippen molar-refractivity contribution in [3.63, 3.8) is 0 Å². The molecule has 0 amide bonds. The van der Waals surface area contributed by atoms with Gasteiger partial charge in [-0.05, 0) is 31.8 Å². The summed E-state index contributed by atoms with van der Waals surface area (Å²) in [6, 6.07) is 8.54. The fraction of sp³-hybridized carbons (Fsp3) is 0.125. The van der Waals surface area contributed by atoms with Crippen molar-refractivity contribution in [3.05, 3.63) is 47.2 Å². The molecule has 0 saturated carbocycles. The number of aryl methyl sites for hydroxylation is 1. The molecule has 1 aliphatic heterocycles. The number of alkyl halides is 1. The van der Waals surface area contributed by atoms with Crippen LogP contribution in [0, 0.1) is 6.92 Å². The number of hydrogen-bond acceptors (Lipinski definition) is 4. The van der Waals surface area contributed by atoms with E-state index in [2.05, 4.69) is 62.3 Å². The summed E-state index contributed by atoms with van der Waals surface area (Å²) in [6.07, 6.45) is 3.84. The van der Waals surface area contributed by atoms with Crippen molar-refractivity contribution in [1.29, 1.82) is 0 Å². The van der Waals surface area contributed by atoms with Crippen LogP contribution in [0.4, 0.5) is 11.5 Å². The van der Waals surface area contributed by atoms with Crippen LogP contribution in [-0.2, 0) is 0 Å². The minimum atomic E-state index is 0.317. The topological polar surface area (TPSA) is 41.7 Å². The smallest absolute Gasteiger partial charge is 0.127 e. The van der Waals surface area contributed by atoms with Crippen LogP contribution in [0.3, 0.4) is 0 Å². The number of aliphatic imine (C=N–C) groups is 2. The molecule has 23 heavy (non-hydrogen) atoms. The molecule has 1 aromatic heterocycles. The number of rotatable bonds is 5. The number of anilines is 1. The van der Waals surface area contributed by atoms with E-state index in [1.165, 1.54) is 5.56 Å². The average Bonchev–Trinajstić information content (AvgIpc) is 3.14. The minimum Gasteiger partial charge on any atom is -0.357 e. The van der Waals surface area contributed by atoms with Gasteiger partial charge in [0, 0.05) is 59.4 Å². The van der Waals surface area contributed by atoms with E-state index in [0.29, 0.717) is 6.00 Å². The zero-order valence-electron chi connectivity index (χ0n) is 12.4. The van der Waals surface area contributed by atoms with E-state index >= 15 is 0 Å². The molecule has 0 saturated heterocycles. The van der Waals surface area contributed by atoms with E-state index in [0.717, 1.165) is 33.9 Å². The fourth-order valence-electron chi connectivity index (χ4n) is 2.59. The van der Waals surface area contributed by atoms with E-state index in [-0.39, 0.29) is 0 Å². The molecule has 2 aromatic rings. The van der Waals surface area contributed by atoms with Crippen molar-refractivity contribution in [2.75, 3.05) is 11.3 Å². The lowest BCUT2D eigenvalue weighted by molar-refractivity contribution is 1.25. The van der Waals surface area contributed by atoms with Crippen molar-refractivity contribution in [2.45, 2.75) is 6.92 Å². The quantitative estimate of drug-likeness (QED) is 0.278. The third-order valence-electron chi connectivity index (χ3n) is 3.60. The van der Waals surface area contributed by atoms with E-state index in [9.17, 15) is 0 Å². The molecule has 1 aliphatic rings. The van der Waals surface area contributed by atoms with Gasteiger partial charge in [-0.1, -0.05) is 11.6 Å². The van der Waals surface area contributed by atoms with Crippen LogP contribution >= 0.6 is 41.9 Å². The molecule has 118 valence electrons. The van der Waals surface area contributed by atoms with Crippen LogP contribution in [0.5, 0.6) is 0 Å². The van der Waals surface area contributed by atoms with Gasteiger partial charge in [0.15, 0.2) is 0 Å². The molecule has 0 fully saturated rings. The number of benzene rings is 1. The Balaban J connectivity index is 2.19. The normalized spacial score (nSPS) is 14.7. The number of halogens is 2. The number of nitrogens with zero attached hydrogens (tertiary/aromatic N) is 3. The second kappa shape index (κ2) is 7.11. The highest BCUT2D eigenvalue weighted by molar-refractivity contribution is 14.2. The first-order chi connectivity index (χ1) is 11.2. The molecule has 1 aromatic carbocycles. The first-order valence-corrected chi connectivity index (χ1v) is 10.7. The molecular formula is C16H14ClIN4S. The molecule has 2 heterocycles. The molecular weight excluding hydrogens is 443 g/mol. The van der Waals surface area contributed by atoms with Crippen LogP contribution in [-0.4, -0.2) is 22.9 Å². The third-order valence-corrected chi connectivity index (χ3v) is 5.46. The third kappa shape index (κ3) is 3.07. The summed E-state index contributed by atoms with van der Waals surface area (Å²) in [4.78, 5) is 8.78. The largest absolute Gasteiger partial charge is 0.357 e. The van der Waals surface area contributed by atoms with Gasteiger partial charge in [-0.15, -0.1) is 11.6 Å². The predicted octanol–water partition coefficient (Wildman–Crippen LogP) is 5.54. The lowest BCUT2D eigenvalue weighted by Gasteiger charge is -2.11. The Labute approximate surface area is 156 Å². The first kappa shape index (κ1) is 16.6. The van der Waals surface area contributed by atoms with Gasteiger partial charge < -0.3 is 5.32 Å². The van der Waals surface area contributed by atoms with Crippen molar-refractivity contribution < 1.29 is 0 Å². The van der Waals surface area contributed by atoms with Crippen LogP contribution in [0.1, 0.15) is 16.7 Å². The maximum absolute atomic E-state index is 5.88. The van der Waals surface area contributed by atoms with Crippen molar-refractivity contribution >= 4 is 77.6 Å². The minimum absolute atomic E-state index is 0.317. The molecule has 0 radical (unpaired) electrons. The zero-order valence-corrected chi connectivity index (χ0v) is 16.1. The standard InChI is InChI=1S/C16H14ClIN4S/c1-10-3-4-14-12(7-10)13(8-20-14)15(19-2)11-5-6-22(23-18)16(11)21-9-17/h3-8,21H,2,9H2,1H3/b15-13+. The van der Waals surface area contributed by atoms with E-state index < -0.39 is 0 Å². The van der Waals surface area contributed by atoms with Gasteiger partial charge in [0.2, 0.25) is 0 Å². The maximum atomic E-state index is 5.88. The Morgan fingerprint density at radius 1 is 1.48 bits per heavy atom. The Morgan fingerprint density at radius 3 is 3.00 bits per heavy atom. The molecule has 0 spiro atoms. The Bertz CT molecular complexity index is 825. The molecule has 0 bridgehead atoms. The van der Waals surface area contributed by atoms with Crippen molar-refractivity contribution in [2.24, 2.45) is 9.98 Å². The second-order valence-electron chi connectivity index (χ2n) is 4.98. The fourth-order valence-corrected chi connectivity index (χ4v) is 4.04. The monoisotopic (exact) mass is 456 g/mol. The summed E-state index contributed by atoms with van der Waals surface area (Å²) >= 11 is 8.11. The lowest BCUT2D eigenvalue weighted by atomic mass is 10.0. The maximum Gasteiger partial charge on any atom is 0.127 e. The van der Waals surface area contributed by atoms with Crippen LogP contribution < -0.4 is 5.32 Å². The Kier molecular flexibility index (Phi) is 5.13. The number of allylic oxidation sites excluding steroid dienone is 1. The number of fused-ring (bicyclic) bond motifs is 1. The molecule has 0 atom stereocenters. The van der Waals surface area contributed by atoms with E-state index in [1.54, 1.807) is 9.12 Å². The van der Waals surface area contributed by atoms with Gasteiger partial charge in [-0.25, -0.2) is 0 Å². The molecule has 0 aliphatic carbocycles. The highest BCUT2D eigenvalue weighted by Gasteiger charge is 2.21. The SMILES string of the molecule is C=N/C(=C1\C=Nc2ccc(C)cc21)c1ccn(SI)c1NCCl.